The second-order valence-corrected chi connectivity index (χ2v) is 5.45. The summed E-state index contributed by atoms with van der Waals surface area (Å²) < 4.78 is 29.4. The van der Waals surface area contributed by atoms with Gasteiger partial charge in [0.2, 0.25) is 6.43 Å². The Labute approximate surface area is 112 Å². The van der Waals surface area contributed by atoms with Crippen LogP contribution in [0.1, 0.15) is 6.42 Å². The summed E-state index contributed by atoms with van der Waals surface area (Å²) in [6.07, 6.45) is -5.88. The number of rotatable bonds is 4. The standard InChI is InChI=1S/C10H16F2N2O4S/c11-5(12)1-2-13-10-14-6-8(17)7(16)4(3-15)18-9(6)19-10/h4-9,15-17H,1-3H2,(H,13,14)/t4-,6?,7-,8-,9?/m1/s1. The van der Waals surface area contributed by atoms with Crippen molar-refractivity contribution in [1.29, 1.82) is 0 Å². The fourth-order valence-electron chi connectivity index (χ4n) is 1.97. The molecular weight excluding hydrogens is 282 g/mol. The summed E-state index contributed by atoms with van der Waals surface area (Å²) >= 11 is 1.16. The van der Waals surface area contributed by atoms with Crippen LogP contribution in [0.25, 0.3) is 0 Å². The normalized spacial score (nSPS) is 40.5. The Morgan fingerprint density at radius 1 is 1.37 bits per heavy atom. The van der Waals surface area contributed by atoms with Gasteiger partial charge in [-0.3, -0.25) is 4.99 Å². The van der Waals surface area contributed by atoms with Crippen LogP contribution < -0.4 is 5.32 Å². The van der Waals surface area contributed by atoms with Crippen LogP contribution in [0.15, 0.2) is 4.99 Å². The topological polar surface area (TPSA) is 94.3 Å². The maximum absolute atomic E-state index is 12.0. The summed E-state index contributed by atoms with van der Waals surface area (Å²) in [4.78, 5) is 3.95. The fourth-order valence-corrected chi connectivity index (χ4v) is 3.13. The minimum Gasteiger partial charge on any atom is -0.394 e. The number of aliphatic imine (C=N–C) groups is 1. The monoisotopic (exact) mass is 298 g/mol. The zero-order valence-electron chi connectivity index (χ0n) is 9.95. The number of aliphatic hydroxyl groups excluding tert-OH is 3. The van der Waals surface area contributed by atoms with E-state index in [-0.39, 0.29) is 13.0 Å². The lowest BCUT2D eigenvalue weighted by Gasteiger charge is -2.38. The maximum atomic E-state index is 12.0. The summed E-state index contributed by atoms with van der Waals surface area (Å²) in [6.45, 7) is -0.422. The Bertz CT molecular complexity index is 347. The number of amidine groups is 1. The van der Waals surface area contributed by atoms with Gasteiger partial charge >= 0.3 is 0 Å². The SMILES string of the molecule is OC[C@H]1OC2SC(=NCCC(F)F)NC2[C@@H](O)[C@@H]1O. The van der Waals surface area contributed by atoms with Crippen molar-refractivity contribution in [3.8, 4) is 0 Å². The number of nitrogens with one attached hydrogen (secondary N) is 1. The number of halogens is 2. The fraction of sp³-hybridized carbons (Fsp3) is 0.900. The highest BCUT2D eigenvalue weighted by molar-refractivity contribution is 8.14. The van der Waals surface area contributed by atoms with Gasteiger partial charge in [0.25, 0.3) is 0 Å². The smallest absolute Gasteiger partial charge is 0.240 e. The zero-order valence-corrected chi connectivity index (χ0v) is 10.8. The summed E-state index contributed by atoms with van der Waals surface area (Å²) in [5.41, 5.74) is -0.499. The number of hydrogen-bond donors (Lipinski definition) is 4. The molecule has 19 heavy (non-hydrogen) atoms. The largest absolute Gasteiger partial charge is 0.394 e. The molecule has 0 aliphatic carbocycles. The Balaban J connectivity index is 1.95. The van der Waals surface area contributed by atoms with Crippen molar-refractivity contribution < 1.29 is 28.8 Å². The average molecular weight is 298 g/mol. The van der Waals surface area contributed by atoms with Crippen molar-refractivity contribution in [3.05, 3.63) is 0 Å². The predicted octanol–water partition coefficient (Wildman–Crippen LogP) is -0.858. The molecule has 2 fully saturated rings. The second-order valence-electron chi connectivity index (χ2n) is 4.36. The van der Waals surface area contributed by atoms with Crippen LogP contribution in [0.5, 0.6) is 0 Å². The number of fused-ring (bicyclic) bond motifs is 1. The third-order valence-electron chi connectivity index (χ3n) is 3.00. The van der Waals surface area contributed by atoms with E-state index in [1.165, 1.54) is 0 Å². The van der Waals surface area contributed by atoms with E-state index < -0.39 is 42.8 Å². The van der Waals surface area contributed by atoms with E-state index in [2.05, 4.69) is 10.3 Å². The van der Waals surface area contributed by atoms with Crippen molar-refractivity contribution >= 4 is 16.9 Å². The van der Waals surface area contributed by atoms with E-state index in [1.807, 2.05) is 0 Å². The quantitative estimate of drug-likeness (QED) is 0.540. The summed E-state index contributed by atoms with van der Waals surface area (Å²) in [5, 5.41) is 31.9. The van der Waals surface area contributed by atoms with Crippen molar-refractivity contribution in [2.75, 3.05) is 13.2 Å². The molecule has 2 aliphatic heterocycles. The van der Waals surface area contributed by atoms with E-state index in [9.17, 15) is 19.0 Å². The van der Waals surface area contributed by atoms with Crippen LogP contribution in [-0.4, -0.2) is 69.9 Å². The average Bonchev–Trinajstić information content (AvgIpc) is 2.76. The molecule has 2 heterocycles. The van der Waals surface area contributed by atoms with Gasteiger partial charge in [-0.05, 0) is 0 Å². The van der Waals surface area contributed by atoms with Gasteiger partial charge in [-0.2, -0.15) is 0 Å². The van der Waals surface area contributed by atoms with Gasteiger partial charge in [0.1, 0.15) is 23.7 Å². The van der Waals surface area contributed by atoms with Crippen LogP contribution in [0.2, 0.25) is 0 Å². The van der Waals surface area contributed by atoms with Crippen LogP contribution >= 0.6 is 11.8 Å². The lowest BCUT2D eigenvalue weighted by Crippen LogP contribution is -2.59. The first-order chi connectivity index (χ1) is 9.02. The minimum absolute atomic E-state index is 0.0193. The molecule has 6 nitrogen and oxygen atoms in total. The number of alkyl halides is 2. The molecule has 2 rings (SSSR count). The summed E-state index contributed by atoms with van der Waals surface area (Å²) in [6, 6.07) is -0.562. The number of thioether (sulfide) groups is 1. The highest BCUT2D eigenvalue weighted by atomic mass is 32.2. The first-order valence-electron chi connectivity index (χ1n) is 5.91. The Morgan fingerprint density at radius 2 is 2.11 bits per heavy atom. The molecule has 9 heteroatoms. The van der Waals surface area contributed by atoms with E-state index >= 15 is 0 Å². The molecule has 110 valence electrons. The van der Waals surface area contributed by atoms with E-state index in [0.29, 0.717) is 5.17 Å². The molecule has 0 saturated carbocycles. The molecular formula is C10H16F2N2O4S. The van der Waals surface area contributed by atoms with E-state index in [1.54, 1.807) is 0 Å². The maximum Gasteiger partial charge on any atom is 0.240 e. The lowest BCUT2D eigenvalue weighted by molar-refractivity contribution is -0.167. The molecule has 0 amide bonds. The molecule has 2 saturated heterocycles. The van der Waals surface area contributed by atoms with Gasteiger partial charge in [0.05, 0.1) is 12.6 Å². The Hall–Kier alpha value is -0.480. The van der Waals surface area contributed by atoms with Crippen molar-refractivity contribution in [1.82, 2.24) is 5.32 Å². The van der Waals surface area contributed by atoms with Crippen molar-refractivity contribution in [3.63, 3.8) is 0 Å². The number of aliphatic hydroxyl groups is 3. The van der Waals surface area contributed by atoms with Crippen molar-refractivity contribution in [2.24, 2.45) is 4.99 Å². The molecule has 0 radical (unpaired) electrons. The van der Waals surface area contributed by atoms with Crippen LogP contribution in [0.3, 0.4) is 0 Å². The molecule has 0 spiro atoms. The number of nitrogens with zero attached hydrogens (tertiary/aromatic N) is 1. The lowest BCUT2D eigenvalue weighted by atomic mass is 9.98. The molecule has 0 bridgehead atoms. The van der Waals surface area contributed by atoms with Gasteiger partial charge in [-0.15, -0.1) is 0 Å². The first kappa shape index (κ1) is 14.9. The van der Waals surface area contributed by atoms with Gasteiger partial charge in [0.15, 0.2) is 5.17 Å². The molecule has 0 aromatic heterocycles. The minimum atomic E-state index is -2.40. The molecule has 0 aromatic rings. The Kier molecular flexibility index (Phi) is 4.96. The second kappa shape index (κ2) is 6.31. The van der Waals surface area contributed by atoms with Gasteiger partial charge in [0, 0.05) is 13.0 Å². The molecule has 2 aliphatic rings. The van der Waals surface area contributed by atoms with Crippen LogP contribution in [-0.2, 0) is 4.74 Å². The molecule has 0 aromatic carbocycles. The van der Waals surface area contributed by atoms with Gasteiger partial charge in [-0.1, -0.05) is 11.8 Å². The molecule has 4 N–H and O–H groups in total. The van der Waals surface area contributed by atoms with Gasteiger partial charge in [-0.25, -0.2) is 8.78 Å². The number of hydrogen-bond acceptors (Lipinski definition) is 6. The molecule has 5 atom stereocenters. The first-order valence-corrected chi connectivity index (χ1v) is 6.79. The Morgan fingerprint density at radius 3 is 2.74 bits per heavy atom. The number of ether oxygens (including phenoxy) is 1. The highest BCUT2D eigenvalue weighted by Crippen LogP contribution is 2.33. The van der Waals surface area contributed by atoms with E-state index in [4.69, 9.17) is 9.84 Å². The third kappa shape index (κ3) is 3.34. The van der Waals surface area contributed by atoms with Crippen LogP contribution in [0.4, 0.5) is 8.78 Å². The van der Waals surface area contributed by atoms with Gasteiger partial charge < -0.3 is 25.4 Å². The predicted molar refractivity (Wildman–Crippen MR) is 65.2 cm³/mol. The molecule has 2 unspecified atom stereocenters. The summed E-state index contributed by atoms with van der Waals surface area (Å²) in [7, 11) is 0. The van der Waals surface area contributed by atoms with Crippen LogP contribution in [0, 0.1) is 0 Å². The summed E-state index contributed by atoms with van der Waals surface area (Å²) in [5.74, 6) is 0. The van der Waals surface area contributed by atoms with Crippen molar-refractivity contribution in [2.45, 2.75) is 42.6 Å². The zero-order chi connectivity index (χ0) is 14.0. The van der Waals surface area contributed by atoms with E-state index in [0.717, 1.165) is 11.8 Å². The third-order valence-corrected chi connectivity index (χ3v) is 4.11. The highest BCUT2D eigenvalue weighted by Gasteiger charge is 2.48.